The van der Waals surface area contributed by atoms with Crippen molar-refractivity contribution in [3.63, 3.8) is 0 Å². The monoisotopic (exact) mass is 501 g/mol. The predicted octanol–water partition coefficient (Wildman–Crippen LogP) is 6.19. The van der Waals surface area contributed by atoms with Crippen LogP contribution in [0.2, 0.25) is 18.1 Å². The Balaban J connectivity index is 1.34. The van der Waals surface area contributed by atoms with Crippen LogP contribution in [-0.4, -0.2) is 43.6 Å². The van der Waals surface area contributed by atoms with Crippen LogP contribution in [0.1, 0.15) is 44.9 Å². The van der Waals surface area contributed by atoms with Crippen molar-refractivity contribution in [2.75, 3.05) is 18.0 Å². The van der Waals surface area contributed by atoms with E-state index in [2.05, 4.69) is 68.0 Å². The molecule has 2 N–H and O–H groups in total. The Kier molecular flexibility index (Phi) is 7.90. The number of hydrogen-bond acceptors (Lipinski definition) is 6. The summed E-state index contributed by atoms with van der Waals surface area (Å²) in [5.74, 6) is 0. The van der Waals surface area contributed by atoms with Gasteiger partial charge >= 0.3 is 0 Å². The molecule has 1 fully saturated rings. The molecule has 3 aromatic rings. The van der Waals surface area contributed by atoms with Gasteiger partial charge in [0.1, 0.15) is 0 Å². The summed E-state index contributed by atoms with van der Waals surface area (Å²) in [4.78, 5) is 16.5. The molecule has 0 spiro atoms. The Bertz CT molecular complexity index is 1240. The zero-order chi connectivity index (χ0) is 25.8. The molecule has 0 saturated carbocycles. The lowest BCUT2D eigenvalue weighted by atomic mass is 10.0. The number of fused-ring (bicyclic) bond motifs is 1. The van der Waals surface area contributed by atoms with Crippen LogP contribution in [0.3, 0.4) is 0 Å². The molecule has 1 aromatic heterocycles. The minimum atomic E-state index is -1.77. The van der Waals surface area contributed by atoms with E-state index in [0.717, 1.165) is 48.2 Å². The minimum Gasteiger partial charge on any atom is -0.413 e. The first kappa shape index (κ1) is 26.0. The smallest absolute Gasteiger partial charge is 0.192 e. The molecule has 4 rings (SSSR count). The number of nitrogens with two attached hydrogens (primary N) is 1. The van der Waals surface area contributed by atoms with Gasteiger partial charge in [-0.2, -0.15) is 0 Å². The topological polar surface area (TPSA) is 76.6 Å². The van der Waals surface area contributed by atoms with Gasteiger partial charge in [-0.15, -0.1) is 0 Å². The largest absolute Gasteiger partial charge is 0.413 e. The average molecular weight is 502 g/mol. The Morgan fingerprint density at radius 1 is 1.11 bits per heavy atom. The number of piperidine rings is 1. The minimum absolute atomic E-state index is 0.215. The number of hydrogen-bond donors (Lipinski definition) is 1. The molecule has 36 heavy (non-hydrogen) atoms. The third kappa shape index (κ3) is 6.20. The van der Waals surface area contributed by atoms with Crippen LogP contribution in [0, 0.1) is 0 Å². The van der Waals surface area contributed by atoms with Gasteiger partial charge in [0.15, 0.2) is 8.32 Å². The third-order valence-corrected chi connectivity index (χ3v) is 12.0. The predicted molar refractivity (Wildman–Crippen MR) is 154 cm³/mol. The maximum Gasteiger partial charge on any atom is 0.192 e. The van der Waals surface area contributed by atoms with Crippen molar-refractivity contribution in [2.45, 2.75) is 64.4 Å². The highest BCUT2D eigenvalue weighted by Crippen LogP contribution is 2.37. The highest BCUT2D eigenvalue weighted by molar-refractivity contribution is 6.74. The molecule has 0 bridgehead atoms. The standard InChI is InChI=1S/C29H39N5OSi/c1-29(2,3)36(4,5)35-21-22-9-8-10-25(17-22)34-15-13-24(14-16-34)31-19-23(18-30)28-20-32-26-11-6-7-12-27(26)33-28/h6-12,17-20,24H,13-16,21,30H2,1-5H3. The van der Waals surface area contributed by atoms with Crippen molar-refractivity contribution in [2.24, 2.45) is 10.7 Å². The lowest BCUT2D eigenvalue weighted by molar-refractivity contribution is 0.276. The summed E-state index contributed by atoms with van der Waals surface area (Å²) in [5, 5.41) is 0.215. The molecule has 1 saturated heterocycles. The number of allylic oxidation sites excluding steroid dienone is 1. The van der Waals surface area contributed by atoms with E-state index in [9.17, 15) is 0 Å². The molecule has 0 radical (unpaired) electrons. The Labute approximate surface area is 216 Å². The van der Waals surface area contributed by atoms with Crippen molar-refractivity contribution >= 4 is 36.8 Å². The fourth-order valence-electron chi connectivity index (χ4n) is 4.07. The van der Waals surface area contributed by atoms with E-state index in [4.69, 9.17) is 20.1 Å². The maximum absolute atomic E-state index is 6.44. The van der Waals surface area contributed by atoms with Crippen LogP contribution in [0.25, 0.3) is 16.6 Å². The summed E-state index contributed by atoms with van der Waals surface area (Å²) in [5.41, 5.74) is 11.7. The fourth-order valence-corrected chi connectivity index (χ4v) is 5.03. The van der Waals surface area contributed by atoms with Crippen molar-refractivity contribution in [1.82, 2.24) is 9.97 Å². The van der Waals surface area contributed by atoms with E-state index in [0.29, 0.717) is 6.61 Å². The van der Waals surface area contributed by atoms with Gasteiger partial charge in [0.25, 0.3) is 0 Å². The van der Waals surface area contributed by atoms with Crippen molar-refractivity contribution in [3.8, 4) is 0 Å². The quantitative estimate of drug-likeness (QED) is 0.308. The molecular formula is C29H39N5OSi. The number of para-hydroxylation sites is 2. The van der Waals surface area contributed by atoms with Gasteiger partial charge in [0.05, 0.1) is 35.6 Å². The van der Waals surface area contributed by atoms with Gasteiger partial charge in [-0.05, 0) is 60.8 Å². The number of rotatable bonds is 7. The van der Waals surface area contributed by atoms with Crippen molar-refractivity contribution in [1.29, 1.82) is 0 Å². The highest BCUT2D eigenvalue weighted by atomic mass is 28.4. The molecule has 1 aliphatic heterocycles. The molecular weight excluding hydrogens is 462 g/mol. The van der Waals surface area contributed by atoms with Crippen LogP contribution in [-0.2, 0) is 11.0 Å². The van der Waals surface area contributed by atoms with E-state index < -0.39 is 8.32 Å². The summed E-state index contributed by atoms with van der Waals surface area (Å²) in [7, 11) is -1.77. The van der Waals surface area contributed by atoms with Gasteiger partial charge < -0.3 is 15.1 Å². The molecule has 0 unspecified atom stereocenters. The van der Waals surface area contributed by atoms with E-state index in [-0.39, 0.29) is 11.1 Å². The van der Waals surface area contributed by atoms with E-state index in [1.54, 1.807) is 12.4 Å². The SMILES string of the molecule is CC(C)(C)[Si](C)(C)OCc1cccc(N2CCC(N=CC(=CN)c3cnc4ccccc4n3)CC2)c1. The number of aliphatic imine (C=N–C) groups is 1. The fraction of sp³-hybridized carbons (Fsp3) is 0.414. The second kappa shape index (κ2) is 10.9. The first-order valence-corrected chi connectivity index (χ1v) is 15.7. The normalized spacial score (nSPS) is 16.2. The lowest BCUT2D eigenvalue weighted by Crippen LogP contribution is -2.40. The first-order valence-electron chi connectivity index (χ1n) is 12.8. The van der Waals surface area contributed by atoms with Crippen molar-refractivity contribution < 1.29 is 4.43 Å². The highest BCUT2D eigenvalue weighted by Gasteiger charge is 2.37. The van der Waals surface area contributed by atoms with Gasteiger partial charge in [-0.3, -0.25) is 9.98 Å². The molecule has 2 aromatic carbocycles. The second-order valence-corrected chi connectivity index (χ2v) is 15.9. The molecule has 0 aliphatic carbocycles. The van der Waals surface area contributed by atoms with E-state index in [1.165, 1.54) is 11.3 Å². The number of nitrogens with zero attached hydrogens (tertiary/aromatic N) is 4. The lowest BCUT2D eigenvalue weighted by Gasteiger charge is -2.36. The summed E-state index contributed by atoms with van der Waals surface area (Å²) in [6.45, 7) is 14.1. The van der Waals surface area contributed by atoms with Crippen molar-refractivity contribution in [3.05, 3.63) is 72.2 Å². The molecule has 7 heteroatoms. The number of aromatic nitrogens is 2. The third-order valence-electron chi connectivity index (χ3n) is 7.49. The molecule has 2 heterocycles. The van der Waals surface area contributed by atoms with Gasteiger partial charge in [0, 0.05) is 36.8 Å². The van der Waals surface area contributed by atoms with Crippen LogP contribution < -0.4 is 10.6 Å². The van der Waals surface area contributed by atoms with Crippen LogP contribution in [0.5, 0.6) is 0 Å². The molecule has 0 atom stereocenters. The van der Waals surface area contributed by atoms with E-state index >= 15 is 0 Å². The van der Waals surface area contributed by atoms with Crippen LogP contribution >= 0.6 is 0 Å². The molecule has 1 aliphatic rings. The molecule has 6 nitrogen and oxygen atoms in total. The summed E-state index contributed by atoms with van der Waals surface area (Å²) < 4.78 is 6.44. The Morgan fingerprint density at radius 2 is 1.83 bits per heavy atom. The maximum atomic E-state index is 6.44. The van der Waals surface area contributed by atoms with E-state index in [1.807, 2.05) is 30.5 Å². The zero-order valence-electron chi connectivity index (χ0n) is 22.2. The summed E-state index contributed by atoms with van der Waals surface area (Å²) in [6.07, 6.45) is 7.19. The average Bonchev–Trinajstić information content (AvgIpc) is 2.88. The summed E-state index contributed by atoms with van der Waals surface area (Å²) >= 11 is 0. The zero-order valence-corrected chi connectivity index (χ0v) is 23.2. The van der Waals surface area contributed by atoms with Gasteiger partial charge in [0.2, 0.25) is 0 Å². The second-order valence-electron chi connectivity index (χ2n) is 11.1. The Hall–Kier alpha value is -3.03. The van der Waals surface area contributed by atoms with Gasteiger partial charge in [-0.1, -0.05) is 45.0 Å². The van der Waals surface area contributed by atoms with Crippen LogP contribution in [0.4, 0.5) is 5.69 Å². The Morgan fingerprint density at radius 3 is 2.53 bits per heavy atom. The number of benzene rings is 2. The first-order chi connectivity index (χ1) is 17.2. The van der Waals surface area contributed by atoms with Gasteiger partial charge in [-0.25, -0.2) is 4.98 Å². The summed E-state index contributed by atoms with van der Waals surface area (Å²) in [6, 6.07) is 16.9. The molecule has 190 valence electrons. The van der Waals surface area contributed by atoms with Crippen LogP contribution in [0.15, 0.2) is 65.9 Å². The molecule has 0 amide bonds. The number of anilines is 1.